The van der Waals surface area contributed by atoms with Crippen molar-refractivity contribution >= 4 is 44.0 Å². The Morgan fingerprint density at radius 1 is 0.364 bits per heavy atom. The van der Waals surface area contributed by atoms with Gasteiger partial charge in [0.15, 0.2) is 0 Å². The first kappa shape index (κ1) is 31.0. The predicted molar refractivity (Wildman–Crippen MR) is 117 cm³/mol. The minimum atomic E-state index is -0.0502. The molecule has 0 atom stereocenters. The molecule has 0 aliphatic carbocycles. The fourth-order valence-corrected chi connectivity index (χ4v) is 0. The van der Waals surface area contributed by atoms with Crippen molar-refractivity contribution in [2.75, 3.05) is 0 Å². The second kappa shape index (κ2) is 12.5. The van der Waals surface area contributed by atoms with Crippen LogP contribution in [0.15, 0.2) is 0 Å². The zero-order chi connectivity index (χ0) is 18.2. The summed E-state index contributed by atoms with van der Waals surface area (Å²) < 4.78 is 0. The molecular formula is C18H45GeSi3. The Balaban J connectivity index is -0.000000108. The first-order valence-corrected chi connectivity index (χ1v) is 15.8. The fourth-order valence-electron chi connectivity index (χ4n) is 0. The Hall–Kier alpha value is 1.19. The molecule has 0 amide bonds. The molecular weight excluding hydrogens is 373 g/mol. The van der Waals surface area contributed by atoms with Gasteiger partial charge in [0.1, 0.15) is 0 Å². The summed E-state index contributed by atoms with van der Waals surface area (Å²) in [7, 11) is -0.150. The summed E-state index contributed by atoms with van der Waals surface area (Å²) in [5.41, 5.74) is 0. The molecule has 0 saturated heterocycles. The molecule has 133 valence electrons. The molecule has 4 heteroatoms. The number of rotatable bonds is 0. The van der Waals surface area contributed by atoms with Crippen LogP contribution in [-0.4, -0.2) is 44.0 Å². The zero-order valence-electron chi connectivity index (χ0n) is 18.5. The average molecular weight is 418 g/mol. The Morgan fingerprint density at radius 3 is 0.409 bits per heavy atom. The van der Waals surface area contributed by atoms with E-state index in [1.807, 2.05) is 0 Å². The van der Waals surface area contributed by atoms with E-state index in [4.69, 9.17) is 0 Å². The van der Waals surface area contributed by atoms with E-state index >= 15 is 0 Å². The van der Waals surface area contributed by atoms with Gasteiger partial charge in [-0.2, -0.15) is 0 Å². The molecule has 22 heavy (non-hydrogen) atoms. The molecule has 0 nitrogen and oxygen atoms in total. The Morgan fingerprint density at radius 2 is 0.409 bits per heavy atom. The van der Waals surface area contributed by atoms with Crippen LogP contribution in [-0.2, 0) is 0 Å². The predicted octanol–water partition coefficient (Wildman–Crippen LogP) is 7.24. The van der Waals surface area contributed by atoms with E-state index in [2.05, 4.69) is 102 Å². The normalized spacial score (nSPS) is 12.3. The molecule has 7 radical (unpaired) electrons. The van der Waals surface area contributed by atoms with Gasteiger partial charge in [-0.25, -0.2) is 0 Å². The van der Waals surface area contributed by atoms with E-state index in [0.717, 1.165) is 0 Å². The largest absolute Gasteiger partial charge is 0.0709 e. The minimum Gasteiger partial charge on any atom is -0.0709 e. The third kappa shape index (κ3) is 23.5. The van der Waals surface area contributed by atoms with Crippen molar-refractivity contribution in [3.05, 3.63) is 0 Å². The van der Waals surface area contributed by atoms with Gasteiger partial charge in [0.2, 0.25) is 0 Å². The van der Waals surface area contributed by atoms with Crippen molar-refractivity contribution in [1.29, 1.82) is 0 Å². The second-order valence-corrected chi connectivity index (χ2v) is 20.2. The first-order valence-electron chi connectivity index (χ1n) is 8.25. The molecule has 0 N–H and O–H groups in total. The minimum absolute atomic E-state index is 0. The van der Waals surface area contributed by atoms with E-state index in [0.29, 0.717) is 15.1 Å². The quantitative estimate of drug-likeness (QED) is 0.364. The van der Waals surface area contributed by atoms with E-state index in [9.17, 15) is 0 Å². The van der Waals surface area contributed by atoms with Crippen LogP contribution in [0.4, 0.5) is 0 Å². The van der Waals surface area contributed by atoms with Gasteiger partial charge in [-0.15, -0.1) is 0 Å². The van der Waals surface area contributed by atoms with Gasteiger partial charge in [-0.3, -0.25) is 0 Å². The Bertz CT molecular complexity index is 198. The van der Waals surface area contributed by atoms with Gasteiger partial charge < -0.3 is 0 Å². The monoisotopic (exact) mass is 419 g/mol. The maximum Gasteiger partial charge on any atom is 0.0470 e. The van der Waals surface area contributed by atoms with Crippen molar-refractivity contribution < 1.29 is 0 Å². The molecule has 0 saturated carbocycles. The summed E-state index contributed by atoms with van der Waals surface area (Å²) in [6.45, 7) is 34.9. The summed E-state index contributed by atoms with van der Waals surface area (Å²) >= 11 is 0. The maximum atomic E-state index is 2.35. The molecule has 0 aromatic heterocycles. The molecule has 0 aliphatic heterocycles. The van der Waals surface area contributed by atoms with E-state index in [1.165, 1.54) is 0 Å². The van der Waals surface area contributed by atoms with E-state index < -0.39 is 0 Å². The van der Waals surface area contributed by atoms with Crippen molar-refractivity contribution in [1.82, 2.24) is 0 Å². The summed E-state index contributed by atoms with van der Waals surface area (Å²) in [4.78, 5) is 0. The number of hydrogen-bond acceptors (Lipinski definition) is 0. The summed E-state index contributed by atoms with van der Waals surface area (Å²) in [6.07, 6.45) is 0. The summed E-state index contributed by atoms with van der Waals surface area (Å²) in [5, 5.41) is 1.81. The van der Waals surface area contributed by atoms with E-state index in [1.54, 1.807) is 0 Å². The molecule has 0 spiro atoms. The molecule has 0 fully saturated rings. The van der Waals surface area contributed by atoms with Gasteiger partial charge in [0.25, 0.3) is 0 Å². The van der Waals surface area contributed by atoms with Crippen LogP contribution in [0.1, 0.15) is 62.3 Å². The molecule has 0 aromatic carbocycles. The Kier molecular flexibility index (Phi) is 17.7. The van der Waals surface area contributed by atoms with Gasteiger partial charge in [-0.05, 0) is 15.1 Å². The molecule has 0 aliphatic rings. The van der Waals surface area contributed by atoms with Gasteiger partial charge in [0.05, 0.1) is 0 Å². The molecule has 0 heterocycles. The summed E-state index contributed by atoms with van der Waals surface area (Å²) in [5.74, 6) is 0. The van der Waals surface area contributed by atoms with Gasteiger partial charge >= 0.3 is 0 Å². The van der Waals surface area contributed by atoms with Crippen molar-refractivity contribution in [2.24, 2.45) is 0 Å². The Labute approximate surface area is 160 Å². The third-order valence-corrected chi connectivity index (χ3v) is 13.5. The zero-order valence-corrected chi connectivity index (χ0v) is 23.6. The van der Waals surface area contributed by atoms with E-state index in [-0.39, 0.29) is 44.0 Å². The second-order valence-electron chi connectivity index (χ2n) is 9.75. The fraction of sp³-hybridized carbons (Fsp3) is 1.00. The van der Waals surface area contributed by atoms with Gasteiger partial charge in [0, 0.05) is 44.0 Å². The smallest absolute Gasteiger partial charge is 0.0470 e. The van der Waals surface area contributed by atoms with Crippen LogP contribution >= 0.6 is 0 Å². The van der Waals surface area contributed by atoms with Crippen LogP contribution in [0.25, 0.3) is 0 Å². The van der Waals surface area contributed by atoms with Crippen LogP contribution in [0, 0.1) is 0 Å². The summed E-state index contributed by atoms with van der Waals surface area (Å²) in [6, 6.07) is 0. The number of hydrogen-bond donors (Lipinski definition) is 0. The third-order valence-electron chi connectivity index (χ3n) is 4.50. The van der Waals surface area contributed by atoms with Crippen LogP contribution < -0.4 is 0 Å². The van der Waals surface area contributed by atoms with Crippen molar-refractivity contribution in [3.63, 3.8) is 0 Å². The average Bonchev–Trinajstić information content (AvgIpc) is 2.14. The molecule has 0 bridgehead atoms. The van der Waals surface area contributed by atoms with Crippen molar-refractivity contribution in [3.8, 4) is 0 Å². The topological polar surface area (TPSA) is 0 Å². The standard InChI is InChI=1S/3C6H15Si.Ge/c3*1-6(2,3)7(4)5;/h3*1-5H3;. The maximum absolute atomic E-state index is 2.35. The van der Waals surface area contributed by atoms with Gasteiger partial charge in [-0.1, -0.05) is 102 Å². The first-order chi connectivity index (χ1) is 8.83. The molecule has 0 rings (SSSR count). The molecule has 0 aromatic rings. The SMILES string of the molecule is C[Si](C)C(C)(C)C.C[Si](C)C(C)(C)C.C[Si](C)C(C)(C)C.[Ge]. The van der Waals surface area contributed by atoms with Crippen LogP contribution in [0.2, 0.25) is 54.4 Å². The molecule has 0 unspecified atom stereocenters. The van der Waals surface area contributed by atoms with Crippen molar-refractivity contribution in [2.45, 2.75) is 117 Å². The van der Waals surface area contributed by atoms with Crippen LogP contribution in [0.5, 0.6) is 0 Å². The van der Waals surface area contributed by atoms with Crippen LogP contribution in [0.3, 0.4) is 0 Å².